The highest BCUT2D eigenvalue weighted by Gasteiger charge is 2.17. The molecule has 0 spiro atoms. The Morgan fingerprint density at radius 3 is 2.64 bits per heavy atom. The van der Waals surface area contributed by atoms with E-state index in [2.05, 4.69) is 50.4 Å². The van der Waals surface area contributed by atoms with E-state index in [1.807, 2.05) is 11.8 Å². The van der Waals surface area contributed by atoms with Gasteiger partial charge in [-0.1, -0.05) is 37.7 Å². The number of allylic oxidation sites excluding steroid dienone is 2. The average molecular weight is 205 g/mol. The SMILES string of the molecule is CC1=C(C(C)C)Sc2ccccc2N1. The molecule has 2 rings (SSSR count). The molecule has 1 aliphatic rings. The highest BCUT2D eigenvalue weighted by atomic mass is 32.2. The van der Waals surface area contributed by atoms with Gasteiger partial charge in [0.2, 0.25) is 0 Å². The van der Waals surface area contributed by atoms with Crippen molar-refractivity contribution in [1.29, 1.82) is 0 Å². The van der Waals surface area contributed by atoms with E-state index in [0.717, 1.165) is 0 Å². The Bertz CT molecular complexity index is 380. The highest BCUT2D eigenvalue weighted by Crippen LogP contribution is 2.42. The number of nitrogens with one attached hydrogen (secondary N) is 1. The van der Waals surface area contributed by atoms with Gasteiger partial charge in [-0.15, -0.1) is 0 Å². The van der Waals surface area contributed by atoms with Crippen molar-refractivity contribution in [2.24, 2.45) is 5.92 Å². The Morgan fingerprint density at radius 2 is 1.93 bits per heavy atom. The van der Waals surface area contributed by atoms with Crippen molar-refractivity contribution in [3.8, 4) is 0 Å². The van der Waals surface area contributed by atoms with E-state index < -0.39 is 0 Å². The number of fused-ring (bicyclic) bond motifs is 1. The minimum absolute atomic E-state index is 0.598. The molecule has 0 unspecified atom stereocenters. The van der Waals surface area contributed by atoms with Crippen molar-refractivity contribution in [1.82, 2.24) is 0 Å². The van der Waals surface area contributed by atoms with Crippen LogP contribution < -0.4 is 5.32 Å². The molecule has 1 heterocycles. The Labute approximate surface area is 89.6 Å². The van der Waals surface area contributed by atoms with Crippen LogP contribution in [0.2, 0.25) is 0 Å². The molecule has 0 saturated carbocycles. The lowest BCUT2D eigenvalue weighted by Crippen LogP contribution is -2.08. The monoisotopic (exact) mass is 205 g/mol. The lowest BCUT2D eigenvalue weighted by atomic mass is 10.1. The zero-order chi connectivity index (χ0) is 10.1. The zero-order valence-corrected chi connectivity index (χ0v) is 9.61. The van der Waals surface area contributed by atoms with Gasteiger partial charge < -0.3 is 5.32 Å². The van der Waals surface area contributed by atoms with Crippen molar-refractivity contribution in [3.05, 3.63) is 34.9 Å². The van der Waals surface area contributed by atoms with Crippen molar-refractivity contribution >= 4 is 17.4 Å². The molecule has 1 aliphatic heterocycles. The predicted octanol–water partition coefficient (Wildman–Crippen LogP) is 4.09. The summed E-state index contributed by atoms with van der Waals surface area (Å²) in [6.07, 6.45) is 0. The Morgan fingerprint density at radius 1 is 1.21 bits per heavy atom. The summed E-state index contributed by atoms with van der Waals surface area (Å²) in [5.41, 5.74) is 2.53. The molecule has 0 bridgehead atoms. The zero-order valence-electron chi connectivity index (χ0n) is 8.79. The van der Waals surface area contributed by atoms with Gasteiger partial charge in [-0.3, -0.25) is 0 Å². The van der Waals surface area contributed by atoms with Gasteiger partial charge in [-0.05, 0) is 25.0 Å². The third-order valence-corrected chi connectivity index (χ3v) is 3.90. The molecule has 1 nitrogen and oxygen atoms in total. The maximum atomic E-state index is 3.45. The maximum absolute atomic E-state index is 3.45. The fraction of sp³-hybridized carbons (Fsp3) is 0.333. The lowest BCUT2D eigenvalue weighted by molar-refractivity contribution is 0.804. The highest BCUT2D eigenvalue weighted by molar-refractivity contribution is 8.03. The van der Waals surface area contributed by atoms with Crippen LogP contribution in [0.15, 0.2) is 39.8 Å². The van der Waals surface area contributed by atoms with E-state index in [9.17, 15) is 0 Å². The van der Waals surface area contributed by atoms with Crippen LogP contribution in [-0.2, 0) is 0 Å². The third-order valence-electron chi connectivity index (χ3n) is 2.32. The van der Waals surface area contributed by atoms with E-state index in [0.29, 0.717) is 5.92 Å². The van der Waals surface area contributed by atoms with Crippen molar-refractivity contribution < 1.29 is 0 Å². The largest absolute Gasteiger partial charge is 0.358 e. The Balaban J connectivity index is 2.37. The van der Waals surface area contributed by atoms with Crippen LogP contribution in [0.3, 0.4) is 0 Å². The molecule has 0 saturated heterocycles. The Kier molecular flexibility index (Phi) is 2.55. The van der Waals surface area contributed by atoms with Gasteiger partial charge in [0.1, 0.15) is 0 Å². The molecule has 1 aromatic carbocycles. The van der Waals surface area contributed by atoms with E-state index >= 15 is 0 Å². The topological polar surface area (TPSA) is 12.0 Å². The maximum Gasteiger partial charge on any atom is 0.0523 e. The van der Waals surface area contributed by atoms with Crippen LogP contribution in [0.1, 0.15) is 20.8 Å². The van der Waals surface area contributed by atoms with Crippen LogP contribution >= 0.6 is 11.8 Å². The number of anilines is 1. The number of benzene rings is 1. The summed E-state index contributed by atoms with van der Waals surface area (Å²) in [5.74, 6) is 0.598. The molecule has 0 radical (unpaired) electrons. The molecule has 1 aromatic rings. The summed E-state index contributed by atoms with van der Waals surface area (Å²) in [7, 11) is 0. The van der Waals surface area contributed by atoms with E-state index in [1.54, 1.807) is 0 Å². The second-order valence-corrected chi connectivity index (χ2v) is 4.95. The molecule has 0 aromatic heterocycles. The first-order chi connectivity index (χ1) is 6.68. The molecule has 0 amide bonds. The molecular weight excluding hydrogens is 190 g/mol. The first-order valence-electron chi connectivity index (χ1n) is 4.93. The van der Waals surface area contributed by atoms with Crippen LogP contribution in [0.25, 0.3) is 0 Å². The summed E-state index contributed by atoms with van der Waals surface area (Å²) < 4.78 is 0. The number of para-hydroxylation sites is 1. The third kappa shape index (κ3) is 1.67. The molecule has 14 heavy (non-hydrogen) atoms. The lowest BCUT2D eigenvalue weighted by Gasteiger charge is -2.24. The normalized spacial score (nSPS) is 15.4. The number of rotatable bonds is 1. The smallest absolute Gasteiger partial charge is 0.0523 e. The molecule has 1 N–H and O–H groups in total. The second kappa shape index (κ2) is 3.70. The number of hydrogen-bond donors (Lipinski definition) is 1. The molecule has 0 fully saturated rings. The summed E-state index contributed by atoms with van der Waals surface area (Å²) in [6.45, 7) is 6.63. The van der Waals surface area contributed by atoms with Crippen LogP contribution in [-0.4, -0.2) is 0 Å². The molecule has 0 aliphatic carbocycles. The molecule has 2 heteroatoms. The van der Waals surface area contributed by atoms with E-state index in [4.69, 9.17) is 0 Å². The number of hydrogen-bond acceptors (Lipinski definition) is 2. The molecule has 74 valence electrons. The fourth-order valence-electron chi connectivity index (χ4n) is 1.67. The molecular formula is C12H15NS. The van der Waals surface area contributed by atoms with Gasteiger partial charge >= 0.3 is 0 Å². The van der Waals surface area contributed by atoms with Gasteiger partial charge in [0, 0.05) is 15.5 Å². The van der Waals surface area contributed by atoms with Crippen LogP contribution in [0.5, 0.6) is 0 Å². The quantitative estimate of drug-likeness (QED) is 0.741. The van der Waals surface area contributed by atoms with Gasteiger partial charge in [0.15, 0.2) is 0 Å². The van der Waals surface area contributed by atoms with E-state index in [1.165, 1.54) is 21.2 Å². The van der Waals surface area contributed by atoms with Gasteiger partial charge in [-0.25, -0.2) is 0 Å². The first-order valence-corrected chi connectivity index (χ1v) is 5.75. The predicted molar refractivity (Wildman–Crippen MR) is 63.5 cm³/mol. The van der Waals surface area contributed by atoms with Gasteiger partial charge in [0.25, 0.3) is 0 Å². The fourth-order valence-corrected chi connectivity index (χ4v) is 2.72. The first kappa shape index (κ1) is 9.66. The Hall–Kier alpha value is -0.890. The van der Waals surface area contributed by atoms with E-state index in [-0.39, 0.29) is 0 Å². The van der Waals surface area contributed by atoms with Crippen molar-refractivity contribution in [2.45, 2.75) is 25.7 Å². The van der Waals surface area contributed by atoms with Crippen molar-refractivity contribution in [2.75, 3.05) is 5.32 Å². The summed E-state index contributed by atoms with van der Waals surface area (Å²) in [4.78, 5) is 2.78. The molecule has 0 atom stereocenters. The van der Waals surface area contributed by atoms with Gasteiger partial charge in [0.05, 0.1) is 5.69 Å². The van der Waals surface area contributed by atoms with Gasteiger partial charge in [-0.2, -0.15) is 0 Å². The number of thioether (sulfide) groups is 1. The summed E-state index contributed by atoms with van der Waals surface area (Å²) in [6, 6.07) is 8.46. The second-order valence-electron chi connectivity index (χ2n) is 3.87. The minimum Gasteiger partial charge on any atom is -0.358 e. The van der Waals surface area contributed by atoms with Crippen LogP contribution in [0.4, 0.5) is 5.69 Å². The summed E-state index contributed by atoms with van der Waals surface area (Å²) in [5, 5.41) is 3.45. The standard InChI is InChI=1S/C12H15NS/c1-8(2)12-9(3)13-10-6-4-5-7-11(10)14-12/h4-8,13H,1-3H3. The van der Waals surface area contributed by atoms with Crippen LogP contribution in [0, 0.1) is 5.92 Å². The van der Waals surface area contributed by atoms with Crippen molar-refractivity contribution in [3.63, 3.8) is 0 Å². The average Bonchev–Trinajstić information content (AvgIpc) is 2.16. The minimum atomic E-state index is 0.598. The summed E-state index contributed by atoms with van der Waals surface area (Å²) >= 11 is 1.89.